The van der Waals surface area contributed by atoms with Gasteiger partial charge < -0.3 is 10.1 Å². The molecule has 1 amide bonds. The summed E-state index contributed by atoms with van der Waals surface area (Å²) in [6.45, 7) is 7.00. The minimum absolute atomic E-state index is 0.193. The molecule has 1 aromatic rings. The van der Waals surface area contributed by atoms with Gasteiger partial charge in [-0.1, -0.05) is 15.9 Å². The Morgan fingerprint density at radius 2 is 1.86 bits per heavy atom. The van der Waals surface area contributed by atoms with Gasteiger partial charge in [-0.3, -0.25) is 4.79 Å². The van der Waals surface area contributed by atoms with Crippen molar-refractivity contribution in [2.24, 2.45) is 0 Å². The Hall–Kier alpha value is -1.01. The van der Waals surface area contributed by atoms with Gasteiger partial charge in [-0.15, -0.1) is 11.8 Å². The van der Waals surface area contributed by atoms with Crippen LogP contribution in [-0.4, -0.2) is 29.3 Å². The Kier molecular flexibility index (Phi) is 6.74. The second kappa shape index (κ2) is 7.84. The zero-order valence-electron chi connectivity index (χ0n) is 12.6. The van der Waals surface area contributed by atoms with Gasteiger partial charge in [0.25, 0.3) is 0 Å². The average Bonchev–Trinajstić information content (AvgIpc) is 2.36. The Labute approximate surface area is 138 Å². The van der Waals surface area contributed by atoms with E-state index < -0.39 is 17.6 Å². The minimum Gasteiger partial charge on any atom is -0.458 e. The average molecular weight is 374 g/mol. The summed E-state index contributed by atoms with van der Waals surface area (Å²) in [5, 5.41) is 2.64. The molecule has 0 bridgehead atoms. The van der Waals surface area contributed by atoms with Crippen molar-refractivity contribution in [1.29, 1.82) is 0 Å². The molecule has 1 N–H and O–H groups in total. The number of carbonyl (C=O) groups is 2. The lowest BCUT2D eigenvalue weighted by molar-refractivity contribution is -0.157. The number of esters is 1. The fourth-order valence-corrected chi connectivity index (χ4v) is 2.39. The van der Waals surface area contributed by atoms with E-state index in [0.717, 1.165) is 9.37 Å². The summed E-state index contributed by atoms with van der Waals surface area (Å²) in [4.78, 5) is 24.6. The van der Waals surface area contributed by atoms with Crippen LogP contribution in [0.25, 0.3) is 0 Å². The third-order valence-corrected chi connectivity index (χ3v) is 3.86. The lowest BCUT2D eigenvalue weighted by atomic mass is 10.2. The predicted octanol–water partition coefficient (Wildman–Crippen LogP) is 3.39. The molecule has 0 fully saturated rings. The topological polar surface area (TPSA) is 55.4 Å². The third kappa shape index (κ3) is 7.52. The summed E-state index contributed by atoms with van der Waals surface area (Å²) in [5.74, 6) is -0.361. The van der Waals surface area contributed by atoms with E-state index in [9.17, 15) is 9.59 Å². The standard InChI is InChI=1S/C15H20BrNO3S/c1-10(14(19)20-15(2,3)4)17-13(18)9-21-12-7-5-11(16)6-8-12/h5-8,10H,9H2,1-4H3,(H,17,18)/t10-/m1/s1. The minimum atomic E-state index is -0.651. The van der Waals surface area contributed by atoms with E-state index in [1.54, 1.807) is 27.7 Å². The molecular weight excluding hydrogens is 354 g/mol. The molecule has 6 heteroatoms. The number of hydrogen-bond acceptors (Lipinski definition) is 4. The maximum absolute atomic E-state index is 11.8. The van der Waals surface area contributed by atoms with Crippen molar-refractivity contribution in [3.8, 4) is 0 Å². The number of benzene rings is 1. The summed E-state index contributed by atoms with van der Waals surface area (Å²) in [6.07, 6.45) is 0. The number of thioether (sulfide) groups is 1. The van der Waals surface area contributed by atoms with Crippen molar-refractivity contribution >= 4 is 39.6 Å². The van der Waals surface area contributed by atoms with E-state index in [2.05, 4.69) is 21.2 Å². The second-order valence-electron chi connectivity index (χ2n) is 5.57. The van der Waals surface area contributed by atoms with Crippen LogP contribution in [0.4, 0.5) is 0 Å². The molecule has 21 heavy (non-hydrogen) atoms. The zero-order valence-corrected chi connectivity index (χ0v) is 15.0. The molecule has 0 saturated heterocycles. The van der Waals surface area contributed by atoms with Crippen LogP contribution < -0.4 is 5.32 Å². The fourth-order valence-electron chi connectivity index (χ4n) is 1.41. The second-order valence-corrected chi connectivity index (χ2v) is 7.53. The Morgan fingerprint density at radius 1 is 1.29 bits per heavy atom. The van der Waals surface area contributed by atoms with E-state index in [1.807, 2.05) is 24.3 Å². The molecule has 116 valence electrons. The molecule has 1 rings (SSSR count). The summed E-state index contributed by atoms with van der Waals surface area (Å²) >= 11 is 4.78. The molecular formula is C15H20BrNO3S. The quantitative estimate of drug-likeness (QED) is 0.634. The molecule has 0 radical (unpaired) electrons. The lowest BCUT2D eigenvalue weighted by Gasteiger charge is -2.22. The highest BCUT2D eigenvalue weighted by Crippen LogP contribution is 2.20. The van der Waals surface area contributed by atoms with Gasteiger partial charge in [-0.2, -0.15) is 0 Å². The smallest absolute Gasteiger partial charge is 0.328 e. The summed E-state index contributed by atoms with van der Waals surface area (Å²) in [6, 6.07) is 7.05. The molecule has 0 heterocycles. The molecule has 0 aliphatic carbocycles. The van der Waals surface area contributed by atoms with E-state index in [0.29, 0.717) is 0 Å². The van der Waals surface area contributed by atoms with Gasteiger partial charge in [0.1, 0.15) is 11.6 Å². The van der Waals surface area contributed by atoms with Crippen LogP contribution in [0.2, 0.25) is 0 Å². The molecule has 1 atom stereocenters. The van der Waals surface area contributed by atoms with Crippen LogP contribution in [0.15, 0.2) is 33.6 Å². The van der Waals surface area contributed by atoms with Crippen molar-refractivity contribution in [2.75, 3.05) is 5.75 Å². The Morgan fingerprint density at radius 3 is 2.38 bits per heavy atom. The maximum Gasteiger partial charge on any atom is 0.328 e. The van der Waals surface area contributed by atoms with Crippen LogP contribution in [0, 0.1) is 0 Å². The number of rotatable bonds is 5. The van der Waals surface area contributed by atoms with Crippen molar-refractivity contribution < 1.29 is 14.3 Å². The van der Waals surface area contributed by atoms with Crippen molar-refractivity contribution in [1.82, 2.24) is 5.32 Å². The molecule has 0 spiro atoms. The summed E-state index contributed by atoms with van der Waals surface area (Å²) < 4.78 is 6.21. The molecule has 0 aromatic heterocycles. The van der Waals surface area contributed by atoms with Crippen LogP contribution in [0.5, 0.6) is 0 Å². The fraction of sp³-hybridized carbons (Fsp3) is 0.467. The molecule has 1 aromatic carbocycles. The van der Waals surface area contributed by atoms with E-state index in [4.69, 9.17) is 4.74 Å². The third-order valence-electron chi connectivity index (χ3n) is 2.32. The predicted molar refractivity (Wildman–Crippen MR) is 88.3 cm³/mol. The number of carbonyl (C=O) groups excluding carboxylic acids is 2. The van der Waals surface area contributed by atoms with Crippen molar-refractivity contribution in [3.63, 3.8) is 0 Å². The number of nitrogens with one attached hydrogen (secondary N) is 1. The number of hydrogen-bond donors (Lipinski definition) is 1. The van der Waals surface area contributed by atoms with Crippen LogP contribution in [-0.2, 0) is 14.3 Å². The van der Waals surface area contributed by atoms with E-state index in [1.165, 1.54) is 11.8 Å². The number of halogens is 1. The highest BCUT2D eigenvalue weighted by atomic mass is 79.9. The first-order chi connectivity index (χ1) is 9.67. The van der Waals surface area contributed by atoms with Gasteiger partial charge in [-0.05, 0) is 52.0 Å². The highest BCUT2D eigenvalue weighted by Gasteiger charge is 2.22. The Balaban J connectivity index is 2.39. The normalized spacial score (nSPS) is 12.6. The van der Waals surface area contributed by atoms with Crippen molar-refractivity contribution in [3.05, 3.63) is 28.7 Å². The van der Waals surface area contributed by atoms with Gasteiger partial charge in [0.2, 0.25) is 5.91 Å². The first-order valence-electron chi connectivity index (χ1n) is 6.58. The molecule has 0 aliphatic rings. The van der Waals surface area contributed by atoms with Gasteiger partial charge in [0.05, 0.1) is 5.75 Å². The first kappa shape index (κ1) is 18.0. The SMILES string of the molecule is C[C@@H](NC(=O)CSc1ccc(Br)cc1)C(=O)OC(C)(C)C. The molecule has 0 unspecified atom stereocenters. The van der Waals surface area contributed by atoms with Gasteiger partial charge in [0, 0.05) is 9.37 Å². The van der Waals surface area contributed by atoms with E-state index >= 15 is 0 Å². The van der Waals surface area contributed by atoms with Gasteiger partial charge in [0.15, 0.2) is 0 Å². The zero-order chi connectivity index (χ0) is 16.0. The molecule has 4 nitrogen and oxygen atoms in total. The number of amides is 1. The van der Waals surface area contributed by atoms with Crippen LogP contribution in [0.1, 0.15) is 27.7 Å². The Bertz CT molecular complexity index is 497. The monoisotopic (exact) mass is 373 g/mol. The number of ether oxygens (including phenoxy) is 1. The largest absolute Gasteiger partial charge is 0.458 e. The van der Waals surface area contributed by atoms with Crippen LogP contribution in [0.3, 0.4) is 0 Å². The van der Waals surface area contributed by atoms with Crippen LogP contribution >= 0.6 is 27.7 Å². The molecule has 0 aliphatic heterocycles. The maximum atomic E-state index is 11.8. The lowest BCUT2D eigenvalue weighted by Crippen LogP contribution is -2.42. The summed E-state index contributed by atoms with van der Waals surface area (Å²) in [7, 11) is 0. The van der Waals surface area contributed by atoms with Gasteiger partial charge >= 0.3 is 5.97 Å². The highest BCUT2D eigenvalue weighted by molar-refractivity contribution is 9.10. The van der Waals surface area contributed by atoms with E-state index in [-0.39, 0.29) is 11.7 Å². The van der Waals surface area contributed by atoms with Gasteiger partial charge in [-0.25, -0.2) is 4.79 Å². The molecule has 0 saturated carbocycles. The summed E-state index contributed by atoms with van der Waals surface area (Å²) in [5.41, 5.74) is -0.553. The van der Waals surface area contributed by atoms with Crippen molar-refractivity contribution in [2.45, 2.75) is 44.2 Å². The first-order valence-corrected chi connectivity index (χ1v) is 8.36.